The second kappa shape index (κ2) is 4.41. The normalized spacial score (nSPS) is 10.9. The van der Waals surface area contributed by atoms with Gasteiger partial charge in [-0.3, -0.25) is 14.6 Å². The van der Waals surface area contributed by atoms with Crippen LogP contribution in [0.3, 0.4) is 0 Å². The van der Waals surface area contributed by atoms with Crippen LogP contribution in [-0.2, 0) is 7.05 Å². The van der Waals surface area contributed by atoms with Crippen LogP contribution in [0.4, 0.5) is 0 Å². The zero-order chi connectivity index (χ0) is 12.7. The lowest BCUT2D eigenvalue weighted by atomic mass is 10.1. The fourth-order valence-electron chi connectivity index (χ4n) is 1.73. The van der Waals surface area contributed by atoms with Crippen molar-refractivity contribution in [3.8, 4) is 11.1 Å². The molecule has 0 radical (unpaired) electrons. The Morgan fingerprint density at radius 3 is 2.12 bits per heavy atom. The van der Waals surface area contributed by atoms with E-state index in [2.05, 4.69) is 5.10 Å². The first kappa shape index (κ1) is 12.6. The molecule has 1 N–H and O–H groups in total. The molecule has 0 unspecified atom stereocenters. The molecule has 2 rings (SSSR count). The minimum atomic E-state index is -0.128. The molecule has 0 aliphatic carbocycles. The lowest BCUT2D eigenvalue weighted by Crippen LogP contribution is -2.13. The lowest BCUT2D eigenvalue weighted by molar-refractivity contribution is 0.731. The molecule has 0 atom stereocenters. The Morgan fingerprint density at radius 2 is 1.71 bits per heavy atom. The maximum Gasteiger partial charge on any atom is 0.274 e. The number of nitrogens with one attached hydrogen (secondary N) is 1. The van der Waals surface area contributed by atoms with E-state index < -0.39 is 0 Å². The molecular formula is C11H9Cl3N2O. The third-order valence-electron chi connectivity index (χ3n) is 2.50. The Kier molecular flexibility index (Phi) is 3.25. The summed E-state index contributed by atoms with van der Waals surface area (Å²) < 4.78 is 1.40. The maximum atomic E-state index is 11.9. The van der Waals surface area contributed by atoms with Crippen molar-refractivity contribution >= 4 is 34.8 Å². The predicted molar refractivity (Wildman–Crippen MR) is 71.2 cm³/mol. The van der Waals surface area contributed by atoms with Crippen LogP contribution in [0, 0.1) is 6.92 Å². The van der Waals surface area contributed by atoms with Crippen LogP contribution in [0.25, 0.3) is 11.1 Å². The molecule has 0 saturated heterocycles. The lowest BCUT2D eigenvalue weighted by Gasteiger charge is -2.03. The van der Waals surface area contributed by atoms with Crippen LogP contribution >= 0.6 is 34.8 Å². The Balaban J connectivity index is 2.73. The zero-order valence-electron chi connectivity index (χ0n) is 9.14. The third-order valence-corrected chi connectivity index (χ3v) is 3.70. The highest BCUT2D eigenvalue weighted by molar-refractivity contribution is 6.48. The minimum absolute atomic E-state index is 0.128. The fraction of sp³-hybridized carbons (Fsp3) is 0.182. The second-order valence-electron chi connectivity index (χ2n) is 3.73. The highest BCUT2D eigenvalue weighted by atomic mass is 35.5. The van der Waals surface area contributed by atoms with Crippen molar-refractivity contribution in [1.29, 1.82) is 0 Å². The standard InChI is InChI=1S/C11H9Cl3N2O/c1-5-9(11(17)16(2)15-5)6-3-7(12)10(14)8(13)4-6/h3-4,15H,1-2H3. The van der Waals surface area contributed by atoms with E-state index in [0.717, 1.165) is 5.69 Å². The molecular weight excluding hydrogens is 282 g/mol. The molecule has 0 aliphatic heterocycles. The summed E-state index contributed by atoms with van der Waals surface area (Å²) in [7, 11) is 1.65. The van der Waals surface area contributed by atoms with Crippen LogP contribution in [0.15, 0.2) is 16.9 Å². The molecule has 90 valence electrons. The van der Waals surface area contributed by atoms with Gasteiger partial charge in [0.25, 0.3) is 5.56 Å². The number of hydrogen-bond acceptors (Lipinski definition) is 1. The van der Waals surface area contributed by atoms with Gasteiger partial charge in [-0.2, -0.15) is 0 Å². The molecule has 6 heteroatoms. The minimum Gasteiger partial charge on any atom is -0.300 e. The van der Waals surface area contributed by atoms with E-state index >= 15 is 0 Å². The van der Waals surface area contributed by atoms with Gasteiger partial charge in [0.15, 0.2) is 0 Å². The van der Waals surface area contributed by atoms with Crippen molar-refractivity contribution in [3.63, 3.8) is 0 Å². The van der Waals surface area contributed by atoms with Crippen LogP contribution in [0.1, 0.15) is 5.69 Å². The summed E-state index contributed by atoms with van der Waals surface area (Å²) in [5.41, 5.74) is 1.83. The maximum absolute atomic E-state index is 11.9. The van der Waals surface area contributed by atoms with Crippen molar-refractivity contribution in [2.75, 3.05) is 0 Å². The topological polar surface area (TPSA) is 37.8 Å². The fourth-order valence-corrected chi connectivity index (χ4v) is 2.32. The SMILES string of the molecule is Cc1[nH]n(C)c(=O)c1-c1cc(Cl)c(Cl)c(Cl)c1. The van der Waals surface area contributed by atoms with Crippen molar-refractivity contribution in [2.24, 2.45) is 7.05 Å². The van der Waals surface area contributed by atoms with E-state index in [0.29, 0.717) is 26.2 Å². The molecule has 0 spiro atoms. The molecule has 1 aromatic carbocycles. The van der Waals surface area contributed by atoms with Gasteiger partial charge in [-0.05, 0) is 24.6 Å². The molecule has 2 aromatic rings. The first-order valence-corrected chi connectivity index (χ1v) is 5.95. The number of hydrogen-bond donors (Lipinski definition) is 1. The molecule has 0 bridgehead atoms. The molecule has 1 heterocycles. The average molecular weight is 292 g/mol. The number of nitrogens with zero attached hydrogens (tertiary/aromatic N) is 1. The predicted octanol–water partition coefficient (Wildman–Crippen LogP) is 3.65. The highest BCUT2D eigenvalue weighted by Gasteiger charge is 2.14. The molecule has 1 aromatic heterocycles. The first-order chi connectivity index (χ1) is 7.91. The summed E-state index contributed by atoms with van der Waals surface area (Å²) in [5, 5.41) is 3.87. The Morgan fingerprint density at radius 1 is 1.18 bits per heavy atom. The van der Waals surface area contributed by atoms with E-state index in [-0.39, 0.29) is 5.56 Å². The Bertz CT molecular complexity index is 620. The van der Waals surface area contributed by atoms with E-state index in [1.807, 2.05) is 6.92 Å². The molecule has 0 amide bonds. The highest BCUT2D eigenvalue weighted by Crippen LogP contribution is 2.34. The number of aryl methyl sites for hydroxylation is 2. The summed E-state index contributed by atoms with van der Waals surface area (Å²) in [4.78, 5) is 11.9. The summed E-state index contributed by atoms with van der Waals surface area (Å²) in [6, 6.07) is 3.26. The van der Waals surface area contributed by atoms with Crippen molar-refractivity contribution in [2.45, 2.75) is 6.92 Å². The van der Waals surface area contributed by atoms with Gasteiger partial charge in [0.2, 0.25) is 0 Å². The van der Waals surface area contributed by atoms with Gasteiger partial charge in [0.05, 0.1) is 20.6 Å². The molecule has 17 heavy (non-hydrogen) atoms. The van der Waals surface area contributed by atoms with Crippen LogP contribution in [-0.4, -0.2) is 9.78 Å². The van der Waals surface area contributed by atoms with E-state index in [1.54, 1.807) is 19.2 Å². The van der Waals surface area contributed by atoms with Crippen LogP contribution in [0.5, 0.6) is 0 Å². The number of aromatic nitrogens is 2. The number of aromatic amines is 1. The molecule has 0 saturated carbocycles. The van der Waals surface area contributed by atoms with Gasteiger partial charge in [-0.25, -0.2) is 0 Å². The summed E-state index contributed by atoms with van der Waals surface area (Å²) in [5.74, 6) is 0. The van der Waals surface area contributed by atoms with Crippen LogP contribution < -0.4 is 5.56 Å². The Hall–Kier alpha value is -0.900. The quantitative estimate of drug-likeness (QED) is 0.800. The molecule has 0 fully saturated rings. The van der Waals surface area contributed by atoms with Crippen LogP contribution in [0.2, 0.25) is 15.1 Å². The summed E-state index contributed by atoms with van der Waals surface area (Å²) in [6.45, 7) is 1.81. The summed E-state index contributed by atoms with van der Waals surface area (Å²) in [6.07, 6.45) is 0. The van der Waals surface area contributed by atoms with Gasteiger partial charge in [-0.15, -0.1) is 0 Å². The van der Waals surface area contributed by atoms with E-state index in [4.69, 9.17) is 34.8 Å². The van der Waals surface area contributed by atoms with Crippen molar-refractivity contribution in [3.05, 3.63) is 43.2 Å². The molecule has 0 aliphatic rings. The zero-order valence-corrected chi connectivity index (χ0v) is 11.4. The molecule has 3 nitrogen and oxygen atoms in total. The van der Waals surface area contributed by atoms with E-state index in [1.165, 1.54) is 4.68 Å². The third kappa shape index (κ3) is 2.10. The van der Waals surface area contributed by atoms with Crippen molar-refractivity contribution in [1.82, 2.24) is 9.78 Å². The van der Waals surface area contributed by atoms with Gasteiger partial charge in [0, 0.05) is 12.7 Å². The van der Waals surface area contributed by atoms with Gasteiger partial charge < -0.3 is 0 Å². The number of halogens is 3. The van der Waals surface area contributed by atoms with Crippen molar-refractivity contribution < 1.29 is 0 Å². The average Bonchev–Trinajstić information content (AvgIpc) is 2.49. The monoisotopic (exact) mass is 290 g/mol. The first-order valence-electron chi connectivity index (χ1n) is 4.82. The largest absolute Gasteiger partial charge is 0.300 e. The number of benzene rings is 1. The smallest absolute Gasteiger partial charge is 0.274 e. The number of H-pyrrole nitrogens is 1. The second-order valence-corrected chi connectivity index (χ2v) is 4.92. The van der Waals surface area contributed by atoms with Gasteiger partial charge in [-0.1, -0.05) is 34.8 Å². The van der Waals surface area contributed by atoms with E-state index in [9.17, 15) is 4.79 Å². The Labute approximate surface area is 113 Å². The number of rotatable bonds is 1. The summed E-state index contributed by atoms with van der Waals surface area (Å²) >= 11 is 17.8. The van der Waals surface area contributed by atoms with Gasteiger partial charge in [0.1, 0.15) is 0 Å². The van der Waals surface area contributed by atoms with Gasteiger partial charge >= 0.3 is 0 Å².